The van der Waals surface area contributed by atoms with Gasteiger partial charge in [0, 0.05) is 22.2 Å². The normalized spacial score (nSPS) is 13.9. The van der Waals surface area contributed by atoms with E-state index in [2.05, 4.69) is 4.98 Å². The molecule has 1 aliphatic rings. The van der Waals surface area contributed by atoms with Crippen LogP contribution in [-0.2, 0) is 12.8 Å². The van der Waals surface area contributed by atoms with E-state index in [4.69, 9.17) is 16.3 Å². The maximum absolute atomic E-state index is 14.1. The van der Waals surface area contributed by atoms with E-state index in [1.165, 1.54) is 18.2 Å². The topological polar surface area (TPSA) is 59.4 Å². The van der Waals surface area contributed by atoms with Gasteiger partial charge in [0.1, 0.15) is 23.9 Å². The third kappa shape index (κ3) is 5.33. The summed E-state index contributed by atoms with van der Waals surface area (Å²) in [4.78, 5) is 15.3. The first-order chi connectivity index (χ1) is 16.9. The molecule has 1 aliphatic carbocycles. The molecular formula is C25H16ClF6NO3. The predicted octanol–water partition coefficient (Wildman–Crippen LogP) is 7.54. The maximum Gasteiger partial charge on any atom is 0.416 e. The van der Waals surface area contributed by atoms with Gasteiger partial charge < -0.3 is 9.84 Å². The minimum Gasteiger partial charge on any atom is -0.488 e. The lowest BCUT2D eigenvalue weighted by Crippen LogP contribution is -2.11. The molecule has 0 aliphatic heterocycles. The number of aromatic nitrogens is 1. The summed E-state index contributed by atoms with van der Waals surface area (Å²) in [6, 6.07) is 6.75. The van der Waals surface area contributed by atoms with Crippen molar-refractivity contribution in [2.45, 2.75) is 32.0 Å². The molecule has 0 radical (unpaired) electrons. The van der Waals surface area contributed by atoms with Crippen LogP contribution in [0.5, 0.6) is 5.75 Å². The van der Waals surface area contributed by atoms with Crippen molar-refractivity contribution < 1.29 is 41.0 Å². The second-order valence-electron chi connectivity index (χ2n) is 8.03. The van der Waals surface area contributed by atoms with Crippen LogP contribution in [0, 0.1) is 17.5 Å². The number of hydrogen-bond acceptors (Lipinski definition) is 3. The van der Waals surface area contributed by atoms with Crippen LogP contribution in [0.2, 0.25) is 5.02 Å². The van der Waals surface area contributed by atoms with Gasteiger partial charge in [0.25, 0.3) is 0 Å². The van der Waals surface area contributed by atoms with Crippen LogP contribution in [0.25, 0.3) is 11.1 Å². The number of carboxylic acid groups (broad SMARTS) is 1. The molecule has 0 bridgehead atoms. The number of alkyl halides is 3. The highest BCUT2D eigenvalue weighted by atomic mass is 35.5. The number of benzene rings is 2. The Bertz CT molecular complexity index is 1390. The fourth-order valence-electron chi connectivity index (χ4n) is 3.98. The van der Waals surface area contributed by atoms with Crippen molar-refractivity contribution in [2.75, 3.05) is 0 Å². The van der Waals surface area contributed by atoms with Crippen molar-refractivity contribution in [1.82, 2.24) is 4.98 Å². The SMILES string of the molecule is O=C(O)c1cc(C(F)(F)F)cc(C2=C(c3cc(Cl)ccc3OCc3cc(F)c(F)cc3F)CCC2)n1. The van der Waals surface area contributed by atoms with Crippen molar-refractivity contribution >= 4 is 28.7 Å². The van der Waals surface area contributed by atoms with E-state index < -0.39 is 47.5 Å². The molecule has 3 aromatic rings. The summed E-state index contributed by atoms with van der Waals surface area (Å²) in [7, 11) is 0. The fraction of sp³-hybridized carbons (Fsp3) is 0.200. The summed E-state index contributed by atoms with van der Waals surface area (Å²) < 4.78 is 86.8. The Morgan fingerprint density at radius 2 is 1.67 bits per heavy atom. The zero-order valence-corrected chi connectivity index (χ0v) is 19.0. The third-order valence-corrected chi connectivity index (χ3v) is 5.87. The molecule has 188 valence electrons. The first-order valence-electron chi connectivity index (χ1n) is 10.5. The minimum absolute atomic E-state index is 0.146. The zero-order valence-electron chi connectivity index (χ0n) is 18.2. The highest BCUT2D eigenvalue weighted by Gasteiger charge is 2.33. The molecule has 4 nitrogen and oxygen atoms in total. The van der Waals surface area contributed by atoms with Gasteiger partial charge >= 0.3 is 12.1 Å². The van der Waals surface area contributed by atoms with Crippen LogP contribution >= 0.6 is 11.6 Å². The van der Waals surface area contributed by atoms with Gasteiger partial charge in [-0.05, 0) is 66.8 Å². The van der Waals surface area contributed by atoms with Crippen LogP contribution in [0.15, 0.2) is 42.5 Å². The summed E-state index contributed by atoms with van der Waals surface area (Å²) >= 11 is 6.15. The van der Waals surface area contributed by atoms with E-state index in [0.29, 0.717) is 54.2 Å². The van der Waals surface area contributed by atoms with Crippen LogP contribution in [-0.4, -0.2) is 16.1 Å². The van der Waals surface area contributed by atoms with E-state index >= 15 is 0 Å². The predicted molar refractivity (Wildman–Crippen MR) is 119 cm³/mol. The maximum atomic E-state index is 14.1. The monoisotopic (exact) mass is 527 g/mol. The second-order valence-corrected chi connectivity index (χ2v) is 8.46. The number of rotatable bonds is 6. The van der Waals surface area contributed by atoms with Crippen LogP contribution in [0.4, 0.5) is 26.3 Å². The van der Waals surface area contributed by atoms with E-state index in [-0.39, 0.29) is 22.0 Å². The number of ether oxygens (including phenoxy) is 1. The van der Waals surface area contributed by atoms with E-state index in [1.807, 2.05) is 0 Å². The first kappa shape index (κ1) is 25.6. The molecule has 0 atom stereocenters. The Balaban J connectivity index is 1.78. The smallest absolute Gasteiger partial charge is 0.416 e. The Labute approximate surface area is 205 Å². The fourth-order valence-corrected chi connectivity index (χ4v) is 4.15. The lowest BCUT2D eigenvalue weighted by atomic mass is 9.98. The summed E-state index contributed by atoms with van der Waals surface area (Å²) in [6.45, 7) is -0.467. The van der Waals surface area contributed by atoms with Crippen LogP contribution in [0.1, 0.15) is 52.1 Å². The van der Waals surface area contributed by atoms with Crippen LogP contribution < -0.4 is 4.74 Å². The number of carboxylic acids is 1. The average Bonchev–Trinajstić information content (AvgIpc) is 3.30. The number of aromatic carboxylic acids is 1. The molecule has 4 rings (SSSR count). The van der Waals surface area contributed by atoms with E-state index in [0.717, 1.165) is 6.07 Å². The van der Waals surface area contributed by atoms with Crippen molar-refractivity contribution in [3.63, 3.8) is 0 Å². The molecule has 0 saturated carbocycles. The van der Waals surface area contributed by atoms with Crippen LogP contribution in [0.3, 0.4) is 0 Å². The molecule has 1 heterocycles. The molecule has 1 N–H and O–H groups in total. The van der Waals surface area contributed by atoms with Crippen molar-refractivity contribution in [2.24, 2.45) is 0 Å². The molecule has 0 amide bonds. The average molecular weight is 528 g/mol. The summed E-state index contributed by atoms with van der Waals surface area (Å²) in [6.07, 6.45) is -3.55. The Kier molecular flexibility index (Phi) is 6.99. The number of halogens is 7. The van der Waals surface area contributed by atoms with Gasteiger partial charge in [-0.25, -0.2) is 22.9 Å². The Morgan fingerprint density at radius 3 is 2.36 bits per heavy atom. The standard InChI is InChI=1S/C25H16ClF6NO3/c26-14-4-5-23(36-11-12-6-19(28)20(29)10-18(12)27)17(9-14)15-2-1-3-16(15)21-7-13(25(30,31)32)8-22(33-21)24(34)35/h4-10H,1-3,11H2,(H,34,35). The summed E-state index contributed by atoms with van der Waals surface area (Å²) in [5.41, 5.74) is -1.01. The van der Waals surface area contributed by atoms with Crippen molar-refractivity contribution in [3.8, 4) is 5.75 Å². The second kappa shape index (κ2) is 9.85. The number of allylic oxidation sites excluding steroid dienone is 2. The highest BCUT2D eigenvalue weighted by Crippen LogP contribution is 2.44. The molecule has 0 fully saturated rings. The molecular weight excluding hydrogens is 512 g/mol. The van der Waals surface area contributed by atoms with E-state index in [9.17, 15) is 36.2 Å². The zero-order chi connectivity index (χ0) is 26.2. The minimum atomic E-state index is -4.79. The molecule has 0 saturated heterocycles. The van der Waals surface area contributed by atoms with E-state index in [1.54, 1.807) is 0 Å². The number of hydrogen-bond donors (Lipinski definition) is 1. The number of pyridine rings is 1. The Morgan fingerprint density at radius 1 is 0.972 bits per heavy atom. The number of nitrogens with zero attached hydrogens (tertiary/aromatic N) is 1. The van der Waals surface area contributed by atoms with Gasteiger partial charge in [-0.1, -0.05) is 11.6 Å². The van der Waals surface area contributed by atoms with Gasteiger partial charge in [-0.3, -0.25) is 0 Å². The first-order valence-corrected chi connectivity index (χ1v) is 10.9. The van der Waals surface area contributed by atoms with Gasteiger partial charge in [-0.15, -0.1) is 0 Å². The highest BCUT2D eigenvalue weighted by molar-refractivity contribution is 6.30. The van der Waals surface area contributed by atoms with Gasteiger partial charge in [-0.2, -0.15) is 13.2 Å². The quantitative estimate of drug-likeness (QED) is 0.266. The van der Waals surface area contributed by atoms with Gasteiger partial charge in [0.15, 0.2) is 11.6 Å². The lowest BCUT2D eigenvalue weighted by Gasteiger charge is -2.16. The molecule has 1 aromatic heterocycles. The third-order valence-electron chi connectivity index (χ3n) is 5.64. The molecule has 11 heteroatoms. The van der Waals surface area contributed by atoms with Gasteiger partial charge in [0.05, 0.1) is 11.3 Å². The lowest BCUT2D eigenvalue weighted by molar-refractivity contribution is -0.137. The molecule has 2 aromatic carbocycles. The summed E-state index contributed by atoms with van der Waals surface area (Å²) in [5.74, 6) is -5.05. The van der Waals surface area contributed by atoms with Crippen molar-refractivity contribution in [1.29, 1.82) is 0 Å². The molecule has 0 unspecified atom stereocenters. The van der Waals surface area contributed by atoms with Crippen molar-refractivity contribution in [3.05, 3.63) is 93.0 Å². The Hall–Kier alpha value is -3.53. The van der Waals surface area contributed by atoms with Gasteiger partial charge in [0.2, 0.25) is 0 Å². The summed E-state index contributed by atoms with van der Waals surface area (Å²) in [5, 5.41) is 9.56. The molecule has 0 spiro atoms. The number of carbonyl (C=O) groups is 1. The molecule has 36 heavy (non-hydrogen) atoms. The largest absolute Gasteiger partial charge is 0.488 e.